The Balaban J connectivity index is 1.45. The van der Waals surface area contributed by atoms with Gasteiger partial charge in [0.15, 0.2) is 11.0 Å². The number of piperazine rings is 1. The lowest BCUT2D eigenvalue weighted by atomic mass is 10.2. The molecule has 0 atom stereocenters. The first kappa shape index (κ1) is 20.0. The Hall–Kier alpha value is -3.34. The van der Waals surface area contributed by atoms with E-state index < -0.39 is 6.43 Å². The van der Waals surface area contributed by atoms with Crippen molar-refractivity contribution in [3.05, 3.63) is 52.8 Å². The number of nitrogens with zero attached hydrogens (tertiary/aromatic N) is 6. The normalized spacial score (nSPS) is 14.1. The van der Waals surface area contributed by atoms with Gasteiger partial charge in [-0.05, 0) is 18.2 Å². The van der Waals surface area contributed by atoms with Gasteiger partial charge in [-0.25, -0.2) is 13.5 Å². The van der Waals surface area contributed by atoms with Crippen molar-refractivity contribution >= 4 is 23.3 Å². The first-order chi connectivity index (χ1) is 14.5. The number of benzene rings is 1. The zero-order valence-electron chi connectivity index (χ0n) is 15.5. The molecule has 30 heavy (non-hydrogen) atoms. The van der Waals surface area contributed by atoms with E-state index in [2.05, 4.69) is 25.8 Å². The van der Waals surface area contributed by atoms with Crippen molar-refractivity contribution in [1.82, 2.24) is 30.5 Å². The lowest BCUT2D eigenvalue weighted by Gasteiger charge is -2.26. The molecule has 1 fully saturated rings. The maximum Gasteiger partial charge on any atom is 0.263 e. The van der Waals surface area contributed by atoms with Crippen molar-refractivity contribution in [1.29, 1.82) is 0 Å². The molecule has 2 aromatic heterocycles. The summed E-state index contributed by atoms with van der Waals surface area (Å²) < 4.78 is 32.5. The van der Waals surface area contributed by atoms with Gasteiger partial charge in [0.1, 0.15) is 12.3 Å². The van der Waals surface area contributed by atoms with Gasteiger partial charge in [-0.1, -0.05) is 28.9 Å². The van der Waals surface area contributed by atoms with E-state index in [1.807, 2.05) is 4.90 Å². The van der Waals surface area contributed by atoms with Crippen LogP contribution in [0.3, 0.4) is 0 Å². The Bertz CT molecular complexity index is 1030. The number of amides is 1. The van der Waals surface area contributed by atoms with Gasteiger partial charge in [-0.15, -0.1) is 15.3 Å². The van der Waals surface area contributed by atoms with Gasteiger partial charge >= 0.3 is 0 Å². The third kappa shape index (κ3) is 4.30. The van der Waals surface area contributed by atoms with Crippen molar-refractivity contribution < 1.29 is 18.3 Å². The highest BCUT2D eigenvalue weighted by Crippen LogP contribution is 2.23. The Morgan fingerprint density at radius 2 is 1.93 bits per heavy atom. The van der Waals surface area contributed by atoms with Crippen LogP contribution in [0.1, 0.15) is 17.7 Å². The molecule has 0 unspecified atom stereocenters. The van der Waals surface area contributed by atoms with Gasteiger partial charge in [0.25, 0.3) is 6.43 Å². The molecule has 1 N–H and O–H groups in total. The van der Waals surface area contributed by atoms with E-state index in [1.165, 1.54) is 28.9 Å². The predicted molar refractivity (Wildman–Crippen MR) is 103 cm³/mol. The molecule has 0 aliphatic carbocycles. The summed E-state index contributed by atoms with van der Waals surface area (Å²) in [5, 5.41) is 18.7. The SMILES string of the molecule is O=C1CN(c2ccc(OCc3c(Cl)nnn3-c3ccc(C(F)F)cc3)nn2)CCN1. The van der Waals surface area contributed by atoms with Crippen molar-refractivity contribution in [2.75, 3.05) is 24.5 Å². The topological polar surface area (TPSA) is 98.1 Å². The number of halogens is 3. The minimum Gasteiger partial charge on any atom is -0.470 e. The third-order valence-electron chi connectivity index (χ3n) is 4.45. The number of carbonyl (C=O) groups excluding carboxylic acids is 1. The van der Waals surface area contributed by atoms with Gasteiger partial charge < -0.3 is 15.0 Å². The number of hydrogen-bond donors (Lipinski definition) is 1. The van der Waals surface area contributed by atoms with E-state index in [0.29, 0.717) is 30.3 Å². The van der Waals surface area contributed by atoms with Gasteiger partial charge in [0.2, 0.25) is 11.8 Å². The molecule has 1 aliphatic rings. The summed E-state index contributed by atoms with van der Waals surface area (Å²) in [7, 11) is 0. The number of carbonyl (C=O) groups is 1. The summed E-state index contributed by atoms with van der Waals surface area (Å²) in [6, 6.07) is 8.96. The van der Waals surface area contributed by atoms with Crippen LogP contribution < -0.4 is 15.0 Å². The van der Waals surface area contributed by atoms with Crippen molar-refractivity contribution in [2.24, 2.45) is 0 Å². The van der Waals surface area contributed by atoms with Crippen LogP contribution in [0.15, 0.2) is 36.4 Å². The van der Waals surface area contributed by atoms with Crippen LogP contribution in [0.2, 0.25) is 5.15 Å². The third-order valence-corrected chi connectivity index (χ3v) is 4.74. The number of rotatable bonds is 6. The Morgan fingerprint density at radius 1 is 1.13 bits per heavy atom. The minimum atomic E-state index is -2.55. The maximum absolute atomic E-state index is 12.7. The van der Waals surface area contributed by atoms with Crippen LogP contribution in [0, 0.1) is 0 Å². The van der Waals surface area contributed by atoms with Crippen LogP contribution in [-0.4, -0.2) is 50.7 Å². The molecule has 3 aromatic rings. The maximum atomic E-state index is 12.7. The lowest BCUT2D eigenvalue weighted by Crippen LogP contribution is -2.48. The van der Waals surface area contributed by atoms with E-state index in [0.717, 1.165) is 0 Å². The molecule has 156 valence electrons. The Kier molecular flexibility index (Phi) is 5.70. The number of aromatic nitrogens is 5. The molecule has 1 saturated heterocycles. The Morgan fingerprint density at radius 3 is 2.60 bits per heavy atom. The van der Waals surface area contributed by atoms with E-state index in [1.54, 1.807) is 12.1 Å². The van der Waals surface area contributed by atoms with E-state index in [4.69, 9.17) is 16.3 Å². The monoisotopic (exact) mass is 435 g/mol. The molecule has 9 nitrogen and oxygen atoms in total. The summed E-state index contributed by atoms with van der Waals surface area (Å²) in [5.41, 5.74) is 0.853. The molecular weight excluding hydrogens is 420 g/mol. The second-order valence-electron chi connectivity index (χ2n) is 6.42. The number of anilines is 1. The van der Waals surface area contributed by atoms with Crippen LogP contribution in [0.4, 0.5) is 14.6 Å². The average Bonchev–Trinajstić information content (AvgIpc) is 3.13. The molecule has 0 radical (unpaired) electrons. The standard InChI is InChI=1S/C18H16ClF2N7O2/c19-17-13(28(26-25-17)12-3-1-11(2-4-12)18(20)21)10-30-16-6-5-14(23-24-16)27-8-7-22-15(29)9-27/h1-6,18H,7-10H2,(H,22,29). The highest BCUT2D eigenvalue weighted by molar-refractivity contribution is 6.30. The molecule has 0 saturated carbocycles. The van der Waals surface area contributed by atoms with Gasteiger partial charge in [-0.2, -0.15) is 0 Å². The quantitative estimate of drug-likeness (QED) is 0.633. The van der Waals surface area contributed by atoms with Crippen molar-refractivity contribution in [2.45, 2.75) is 13.0 Å². The number of alkyl halides is 2. The number of hydrogen-bond acceptors (Lipinski definition) is 7. The average molecular weight is 436 g/mol. The fraction of sp³-hybridized carbons (Fsp3) is 0.278. The smallest absolute Gasteiger partial charge is 0.263 e. The molecule has 1 aromatic carbocycles. The van der Waals surface area contributed by atoms with Gasteiger partial charge in [0.05, 0.1) is 12.2 Å². The fourth-order valence-electron chi connectivity index (χ4n) is 2.91. The molecule has 0 bridgehead atoms. The molecule has 0 spiro atoms. The first-order valence-electron chi connectivity index (χ1n) is 8.98. The van der Waals surface area contributed by atoms with E-state index in [9.17, 15) is 13.6 Å². The van der Waals surface area contributed by atoms with Gasteiger partial charge in [-0.3, -0.25) is 4.79 Å². The molecule has 1 amide bonds. The molecule has 12 heteroatoms. The number of nitrogens with one attached hydrogen (secondary N) is 1. The summed E-state index contributed by atoms with van der Waals surface area (Å²) in [4.78, 5) is 13.3. The second kappa shape index (κ2) is 8.57. The Labute approximate surface area is 174 Å². The summed E-state index contributed by atoms with van der Waals surface area (Å²) in [6.07, 6.45) is -2.55. The van der Waals surface area contributed by atoms with Crippen LogP contribution >= 0.6 is 11.6 Å². The van der Waals surface area contributed by atoms with E-state index in [-0.39, 0.29) is 35.7 Å². The van der Waals surface area contributed by atoms with Gasteiger partial charge in [0, 0.05) is 24.7 Å². The molecule has 1 aliphatic heterocycles. The van der Waals surface area contributed by atoms with Crippen LogP contribution in [0.5, 0.6) is 5.88 Å². The molecular formula is C18H16ClF2N7O2. The minimum absolute atomic E-state index is 0.0113. The predicted octanol–water partition coefficient (Wildman–Crippen LogP) is 2.16. The second-order valence-corrected chi connectivity index (χ2v) is 6.78. The largest absolute Gasteiger partial charge is 0.470 e. The summed E-state index contributed by atoms with van der Waals surface area (Å²) in [6.45, 7) is 1.40. The zero-order chi connectivity index (χ0) is 21.1. The fourth-order valence-corrected chi connectivity index (χ4v) is 3.08. The first-order valence-corrected chi connectivity index (χ1v) is 9.36. The van der Waals surface area contributed by atoms with Crippen LogP contribution in [0.25, 0.3) is 5.69 Å². The van der Waals surface area contributed by atoms with Crippen LogP contribution in [-0.2, 0) is 11.4 Å². The van der Waals surface area contributed by atoms with Crippen molar-refractivity contribution in [3.8, 4) is 11.6 Å². The molecule has 3 heterocycles. The highest BCUT2D eigenvalue weighted by Gasteiger charge is 2.18. The lowest BCUT2D eigenvalue weighted by molar-refractivity contribution is -0.120. The number of ether oxygens (including phenoxy) is 1. The summed E-state index contributed by atoms with van der Waals surface area (Å²) in [5.74, 6) is 0.749. The van der Waals surface area contributed by atoms with Crippen molar-refractivity contribution in [3.63, 3.8) is 0 Å². The van der Waals surface area contributed by atoms with E-state index >= 15 is 0 Å². The zero-order valence-corrected chi connectivity index (χ0v) is 16.3. The molecule has 4 rings (SSSR count). The summed E-state index contributed by atoms with van der Waals surface area (Å²) >= 11 is 6.11. The highest BCUT2D eigenvalue weighted by atomic mass is 35.5.